The number of rotatable bonds is 29. The van der Waals surface area contributed by atoms with E-state index >= 15 is 0 Å². The molecule has 27 heteroatoms. The van der Waals surface area contributed by atoms with Crippen LogP contribution in [0.1, 0.15) is 138 Å². The molecule has 0 unspecified atom stereocenters. The van der Waals surface area contributed by atoms with Gasteiger partial charge in [-0.1, -0.05) is 63.1 Å². The number of aliphatic hydroxyl groups excluding tert-OH is 1. The Bertz CT molecular complexity index is 2630. The van der Waals surface area contributed by atoms with E-state index in [9.17, 15) is 57.8 Å². The molecule has 10 N–H and O–H groups in total. The van der Waals surface area contributed by atoms with E-state index in [4.69, 9.17) is 34.3 Å². The van der Waals surface area contributed by atoms with Crippen molar-refractivity contribution in [1.82, 2.24) is 37.2 Å². The minimum absolute atomic E-state index is 0.0183. The fourth-order valence-corrected chi connectivity index (χ4v) is 9.73. The van der Waals surface area contributed by atoms with Gasteiger partial charge in [0.25, 0.3) is 11.8 Å². The maximum Gasteiger partial charge on any atom is 0.426 e. The molecule has 4 fully saturated rings. The number of urea groups is 1. The number of anilines is 1. The average Bonchev–Trinajstić information content (AvgIpc) is 2.26. The number of aliphatic hydroxyl groups is 1. The lowest BCUT2D eigenvalue weighted by Gasteiger charge is -2.39. The van der Waals surface area contributed by atoms with Gasteiger partial charge in [0.1, 0.15) is 42.6 Å². The molecule has 1 spiro atoms. The van der Waals surface area contributed by atoms with E-state index in [-0.39, 0.29) is 94.6 Å². The van der Waals surface area contributed by atoms with E-state index in [1.54, 1.807) is 51.1 Å². The van der Waals surface area contributed by atoms with Crippen LogP contribution in [0.15, 0.2) is 60.2 Å². The van der Waals surface area contributed by atoms with E-state index < -0.39 is 108 Å². The van der Waals surface area contributed by atoms with Crippen LogP contribution in [-0.2, 0) is 78.3 Å². The number of hydrogen-bond acceptors (Lipinski definition) is 18. The van der Waals surface area contributed by atoms with Crippen molar-refractivity contribution in [3.05, 3.63) is 65.8 Å². The first-order valence-corrected chi connectivity index (χ1v) is 28.8. The van der Waals surface area contributed by atoms with Crippen LogP contribution in [0.2, 0.25) is 0 Å². The predicted molar refractivity (Wildman–Crippen MR) is 303 cm³/mol. The second-order valence-electron chi connectivity index (χ2n) is 22.2. The Morgan fingerprint density at radius 3 is 2.22 bits per heavy atom. The number of ether oxygens (including phenoxy) is 5. The lowest BCUT2D eigenvalue weighted by atomic mass is 9.87. The smallest absolute Gasteiger partial charge is 0.426 e. The largest absolute Gasteiger partial charge is 0.459 e. The molecule has 85 heavy (non-hydrogen) atoms. The van der Waals surface area contributed by atoms with Crippen LogP contribution in [0, 0.1) is 11.8 Å². The summed E-state index contributed by atoms with van der Waals surface area (Å²) in [5, 5.41) is 25.2. The molecule has 4 saturated heterocycles. The summed E-state index contributed by atoms with van der Waals surface area (Å²) >= 11 is 0. The van der Waals surface area contributed by atoms with Gasteiger partial charge in [0, 0.05) is 57.3 Å². The molecule has 11 atom stereocenters. The van der Waals surface area contributed by atoms with Crippen molar-refractivity contribution in [3.8, 4) is 0 Å². The number of imide groups is 1. The molecule has 27 nitrogen and oxygen atoms in total. The fraction of sp³-hybridized carbons (Fsp3) is 0.603. The quantitative estimate of drug-likeness (QED) is 0.0106. The van der Waals surface area contributed by atoms with E-state index in [0.717, 1.165) is 5.57 Å². The minimum Gasteiger partial charge on any atom is -0.459 e. The molecule has 0 radical (unpaired) electrons. The number of epoxide rings is 1. The normalized spacial score (nSPS) is 24.0. The van der Waals surface area contributed by atoms with Crippen molar-refractivity contribution in [3.63, 3.8) is 0 Å². The first-order valence-electron chi connectivity index (χ1n) is 28.8. The Labute approximate surface area is 493 Å². The number of primary amides is 1. The molecule has 468 valence electrons. The number of carbonyl (C=O) groups excluding carboxylic acids is 11. The summed E-state index contributed by atoms with van der Waals surface area (Å²) in [6, 6.07) is 3.14. The van der Waals surface area contributed by atoms with Gasteiger partial charge in [-0.3, -0.25) is 43.8 Å². The third-order valence-electron chi connectivity index (χ3n) is 14.6. The maximum atomic E-state index is 13.6. The van der Waals surface area contributed by atoms with Gasteiger partial charge < -0.3 is 65.9 Å². The van der Waals surface area contributed by atoms with Gasteiger partial charge in [0.2, 0.25) is 29.5 Å². The van der Waals surface area contributed by atoms with Gasteiger partial charge in [-0.05, 0) is 94.9 Å². The number of carbonyl (C=O) groups is 11. The van der Waals surface area contributed by atoms with Gasteiger partial charge >= 0.3 is 24.1 Å². The Morgan fingerprint density at radius 1 is 0.871 bits per heavy atom. The number of nitrogens with zero attached hydrogens (tertiary/aromatic N) is 1. The Hall–Kier alpha value is -7.75. The summed E-state index contributed by atoms with van der Waals surface area (Å²) in [7, 11) is 0. The average molecular weight is 1190 g/mol. The number of unbranched alkanes of at least 4 members (excludes halogenated alkanes) is 2. The second kappa shape index (κ2) is 33.1. The maximum absolute atomic E-state index is 13.6. The Kier molecular flexibility index (Phi) is 26.5. The number of amides is 10. The van der Waals surface area contributed by atoms with Crippen molar-refractivity contribution in [2.75, 3.05) is 18.5 Å². The topological polar surface area (TPSA) is 380 Å². The standard InChI is InChI=1S/C58H83N9O18/c1-33(2)52(64-46(69)13-9-8-10-14-51(74)85-67-49(72)25-26-50(67)73)55(77)63-42(12-11-27-60-56(59)78)54(76)61-40-20-18-39(19-21-40)31-80-57(79)66-65-48(71)29-41-30-58(32-81-58)53(75)45(84-41)23-16-34(3)15-22-44-35(4)28-43(37(6)83-44)62-47(70)24-17-36(5)82-38(7)68/h15-21,23-24,33,35-37,41-45,52-53,75H,8-14,22,25-32H2,1-7H3,(H,61,76)(H,62,70)(H,63,77)(H,64,69)(H,65,71)(H,66,79)(H3,59,60,78)/b23-16+,24-17-,34-15+/t35-,36-,37+,41+,42-,43+,44-,45+,52-,53+,58+/m0/s1. The van der Waals surface area contributed by atoms with Gasteiger partial charge in [0.05, 0.1) is 37.4 Å². The van der Waals surface area contributed by atoms with Crippen LogP contribution < -0.4 is 43.2 Å². The summed E-state index contributed by atoms with van der Waals surface area (Å²) in [6.45, 7) is 12.5. The number of esters is 1. The van der Waals surface area contributed by atoms with E-state index in [2.05, 4.69) is 44.4 Å². The highest BCUT2D eigenvalue weighted by molar-refractivity contribution is 6.01. The number of allylic oxidation sites excluding steroid dienone is 2. The molecular formula is C58H83N9O18. The van der Waals surface area contributed by atoms with Crippen molar-refractivity contribution < 1.29 is 86.4 Å². The van der Waals surface area contributed by atoms with Crippen molar-refractivity contribution >= 4 is 71.1 Å². The van der Waals surface area contributed by atoms with Crippen LogP contribution in [0.4, 0.5) is 15.3 Å². The van der Waals surface area contributed by atoms with Crippen LogP contribution in [0.25, 0.3) is 0 Å². The molecule has 1 aromatic rings. The zero-order valence-electron chi connectivity index (χ0n) is 49.3. The summed E-state index contributed by atoms with van der Waals surface area (Å²) in [4.78, 5) is 141. The highest BCUT2D eigenvalue weighted by Crippen LogP contribution is 2.43. The third-order valence-corrected chi connectivity index (χ3v) is 14.6. The van der Waals surface area contributed by atoms with Gasteiger partial charge in [-0.2, -0.15) is 0 Å². The summed E-state index contributed by atoms with van der Waals surface area (Å²) in [5.41, 5.74) is 10.6. The van der Waals surface area contributed by atoms with Crippen LogP contribution in [-0.4, -0.2) is 149 Å². The summed E-state index contributed by atoms with van der Waals surface area (Å²) < 4.78 is 28.4. The zero-order chi connectivity index (χ0) is 62.4. The molecule has 4 aliphatic heterocycles. The number of hydrazine groups is 1. The number of nitrogens with two attached hydrogens (primary N) is 1. The molecule has 4 aliphatic rings. The van der Waals surface area contributed by atoms with Gasteiger partial charge in [-0.25, -0.2) is 19.8 Å². The third kappa shape index (κ3) is 23.0. The van der Waals surface area contributed by atoms with Crippen LogP contribution in [0.5, 0.6) is 0 Å². The van der Waals surface area contributed by atoms with Gasteiger partial charge in [-0.15, -0.1) is 5.06 Å². The number of benzene rings is 1. The molecule has 10 amide bonds. The summed E-state index contributed by atoms with van der Waals surface area (Å²) in [6.07, 6.45) is 6.88. The van der Waals surface area contributed by atoms with Crippen molar-refractivity contribution in [2.45, 2.75) is 199 Å². The first kappa shape index (κ1) is 68.0. The number of hydrogen-bond donors (Lipinski definition) is 9. The lowest BCUT2D eigenvalue weighted by molar-refractivity contribution is -0.197. The molecule has 1 aromatic carbocycles. The predicted octanol–water partition coefficient (Wildman–Crippen LogP) is 2.89. The minimum atomic E-state index is -1.12. The van der Waals surface area contributed by atoms with E-state index in [1.807, 2.05) is 26.0 Å². The number of hydroxylamine groups is 2. The Morgan fingerprint density at radius 2 is 1.56 bits per heavy atom. The lowest BCUT2D eigenvalue weighted by Crippen LogP contribution is -2.54. The van der Waals surface area contributed by atoms with E-state index in [1.165, 1.54) is 19.1 Å². The molecule has 0 bridgehead atoms. The molecule has 0 aromatic heterocycles. The van der Waals surface area contributed by atoms with Crippen molar-refractivity contribution in [2.24, 2.45) is 17.6 Å². The van der Waals surface area contributed by atoms with E-state index in [0.29, 0.717) is 55.0 Å². The molecular weight excluding hydrogens is 1110 g/mol. The molecule has 0 saturated carbocycles. The van der Waals surface area contributed by atoms with Gasteiger partial charge in [0.15, 0.2) is 0 Å². The van der Waals surface area contributed by atoms with Crippen LogP contribution in [0.3, 0.4) is 0 Å². The highest BCUT2D eigenvalue weighted by Gasteiger charge is 2.58. The molecule has 0 aliphatic carbocycles. The monoisotopic (exact) mass is 1190 g/mol. The highest BCUT2D eigenvalue weighted by atomic mass is 16.7. The molecule has 4 heterocycles. The molecule has 5 rings (SSSR count). The SMILES string of the molecule is CC(=O)O[C@@H](C)/C=C\C(=O)N[C@@H]1C[C@H](C)[C@H](C/C=C(C)/C=C/[C@H]2O[C@H](CC(=O)NNC(=O)OCc3ccc(NC(=O)[C@H](CCCNC(N)=O)NC(=O)[C@@H](NC(=O)CCCCCC(=O)ON4C(=O)CCC4=O)C(C)C)cc3)C[C@@]3(CO3)[C@@H]2O)O[C@@H]1C. The Balaban J connectivity index is 1.03. The van der Waals surface area contributed by atoms with Crippen LogP contribution >= 0.6 is 0 Å². The first-order chi connectivity index (χ1) is 40.3. The fourth-order valence-electron chi connectivity index (χ4n) is 9.73. The summed E-state index contributed by atoms with van der Waals surface area (Å²) in [5.74, 6) is -5.16. The zero-order valence-corrected chi connectivity index (χ0v) is 49.3. The number of nitrogens with one attached hydrogen (secondary N) is 7. The van der Waals surface area contributed by atoms with Crippen molar-refractivity contribution in [1.29, 1.82) is 0 Å². The second-order valence-corrected chi connectivity index (χ2v) is 22.2.